The van der Waals surface area contributed by atoms with E-state index >= 15 is 0 Å². The first-order valence-corrected chi connectivity index (χ1v) is 6.26. The Balaban J connectivity index is 1.82. The van der Waals surface area contributed by atoms with Gasteiger partial charge in [-0.25, -0.2) is 0 Å². The highest BCUT2D eigenvalue weighted by molar-refractivity contribution is 6.04. The van der Waals surface area contributed by atoms with E-state index in [0.717, 1.165) is 25.7 Å². The first-order valence-electron chi connectivity index (χ1n) is 6.26. The number of carboxylic acids is 1. The van der Waals surface area contributed by atoms with Gasteiger partial charge >= 0.3 is 5.97 Å². The first kappa shape index (κ1) is 12.4. The van der Waals surface area contributed by atoms with Crippen LogP contribution in [0.1, 0.15) is 38.5 Å². The van der Waals surface area contributed by atoms with Gasteiger partial charge in [0.1, 0.15) is 5.41 Å². The van der Waals surface area contributed by atoms with Crippen molar-refractivity contribution in [2.75, 3.05) is 6.54 Å². The predicted octanol–water partition coefficient (Wildman–Crippen LogP) is 0.518. The third kappa shape index (κ3) is 2.44. The van der Waals surface area contributed by atoms with Crippen LogP contribution in [-0.4, -0.2) is 34.7 Å². The van der Waals surface area contributed by atoms with Gasteiger partial charge in [-0.15, -0.1) is 0 Å². The molecule has 5 heteroatoms. The molecule has 0 aromatic heterocycles. The fourth-order valence-corrected chi connectivity index (χ4v) is 2.48. The molecular formula is C12H19NO4. The number of carboxylic acid groups (broad SMARTS) is 1. The van der Waals surface area contributed by atoms with Crippen molar-refractivity contribution < 1.29 is 19.8 Å². The van der Waals surface area contributed by atoms with Crippen LogP contribution >= 0.6 is 0 Å². The SMILES string of the molecule is O=C(O)C1(C(=O)NC[C@@H]2CCCC[C@@H]2O)CC1. The molecule has 96 valence electrons. The minimum absolute atomic E-state index is 0.0808. The molecule has 0 aliphatic heterocycles. The average Bonchev–Trinajstić information content (AvgIpc) is 3.08. The third-order valence-electron chi connectivity index (χ3n) is 3.99. The highest BCUT2D eigenvalue weighted by Crippen LogP contribution is 2.46. The quantitative estimate of drug-likeness (QED) is 0.626. The molecule has 2 saturated carbocycles. The van der Waals surface area contributed by atoms with Gasteiger partial charge in [-0.3, -0.25) is 9.59 Å². The van der Waals surface area contributed by atoms with Crippen molar-refractivity contribution in [2.45, 2.75) is 44.6 Å². The van der Waals surface area contributed by atoms with Crippen LogP contribution in [0.5, 0.6) is 0 Å². The van der Waals surface area contributed by atoms with Crippen molar-refractivity contribution in [3.63, 3.8) is 0 Å². The van der Waals surface area contributed by atoms with Gasteiger partial charge in [0.05, 0.1) is 6.10 Å². The van der Waals surface area contributed by atoms with Crippen LogP contribution in [0.2, 0.25) is 0 Å². The van der Waals surface area contributed by atoms with E-state index in [2.05, 4.69) is 5.32 Å². The fraction of sp³-hybridized carbons (Fsp3) is 0.833. The summed E-state index contributed by atoms with van der Waals surface area (Å²) in [5.74, 6) is -1.33. The van der Waals surface area contributed by atoms with Crippen molar-refractivity contribution in [2.24, 2.45) is 11.3 Å². The zero-order valence-corrected chi connectivity index (χ0v) is 9.82. The van der Waals surface area contributed by atoms with Crippen LogP contribution in [0.3, 0.4) is 0 Å². The van der Waals surface area contributed by atoms with Gasteiger partial charge in [0.15, 0.2) is 0 Å². The van der Waals surface area contributed by atoms with Crippen molar-refractivity contribution in [1.82, 2.24) is 5.32 Å². The number of amides is 1. The van der Waals surface area contributed by atoms with E-state index in [1.165, 1.54) is 0 Å². The van der Waals surface area contributed by atoms with Crippen molar-refractivity contribution >= 4 is 11.9 Å². The van der Waals surface area contributed by atoms with Crippen molar-refractivity contribution in [3.05, 3.63) is 0 Å². The Morgan fingerprint density at radius 3 is 2.41 bits per heavy atom. The van der Waals surface area contributed by atoms with Gasteiger partial charge in [-0.2, -0.15) is 0 Å². The number of hydrogen-bond acceptors (Lipinski definition) is 3. The van der Waals surface area contributed by atoms with Gasteiger partial charge in [-0.05, 0) is 25.7 Å². The summed E-state index contributed by atoms with van der Waals surface area (Å²) in [6.45, 7) is 0.398. The molecule has 0 aromatic rings. The summed E-state index contributed by atoms with van der Waals surface area (Å²) in [5.41, 5.74) is -1.17. The lowest BCUT2D eigenvalue weighted by molar-refractivity contribution is -0.149. The topological polar surface area (TPSA) is 86.6 Å². The standard InChI is InChI=1S/C12H19NO4/c14-9-4-2-1-3-8(9)7-13-10(15)12(5-6-12)11(16)17/h8-9,14H,1-7H2,(H,13,15)(H,16,17)/t8-,9-/m0/s1. The van der Waals surface area contributed by atoms with Gasteiger partial charge in [0.25, 0.3) is 0 Å². The van der Waals surface area contributed by atoms with Crippen LogP contribution in [0.15, 0.2) is 0 Å². The molecule has 0 saturated heterocycles. The maximum Gasteiger partial charge on any atom is 0.319 e. The Morgan fingerprint density at radius 2 is 1.88 bits per heavy atom. The second kappa shape index (κ2) is 4.64. The minimum atomic E-state index is -1.17. The molecule has 0 bridgehead atoms. The summed E-state index contributed by atoms with van der Waals surface area (Å²) in [6.07, 6.45) is 4.30. The smallest absolute Gasteiger partial charge is 0.319 e. The summed E-state index contributed by atoms with van der Waals surface area (Å²) in [7, 11) is 0. The summed E-state index contributed by atoms with van der Waals surface area (Å²) < 4.78 is 0. The Morgan fingerprint density at radius 1 is 1.24 bits per heavy atom. The molecule has 3 N–H and O–H groups in total. The predicted molar refractivity (Wildman–Crippen MR) is 60.3 cm³/mol. The lowest BCUT2D eigenvalue weighted by Gasteiger charge is -2.28. The number of hydrogen-bond donors (Lipinski definition) is 3. The number of carbonyl (C=O) groups is 2. The van der Waals surface area contributed by atoms with Crippen LogP contribution in [-0.2, 0) is 9.59 Å². The monoisotopic (exact) mass is 241 g/mol. The van der Waals surface area contributed by atoms with Gasteiger partial charge in [0, 0.05) is 12.5 Å². The highest BCUT2D eigenvalue weighted by Gasteiger charge is 2.57. The second-order valence-electron chi connectivity index (χ2n) is 5.21. The largest absolute Gasteiger partial charge is 0.480 e. The molecule has 1 amide bonds. The zero-order valence-electron chi connectivity index (χ0n) is 9.82. The van der Waals surface area contributed by atoms with Gasteiger partial charge < -0.3 is 15.5 Å². The molecule has 0 radical (unpaired) electrons. The second-order valence-corrected chi connectivity index (χ2v) is 5.21. The number of aliphatic carboxylic acids is 1. The van der Waals surface area contributed by atoms with E-state index in [9.17, 15) is 14.7 Å². The molecule has 17 heavy (non-hydrogen) atoms. The molecule has 5 nitrogen and oxygen atoms in total. The Hall–Kier alpha value is -1.10. The summed E-state index contributed by atoms with van der Waals surface area (Å²) >= 11 is 0. The Bertz CT molecular complexity index is 324. The van der Waals surface area contributed by atoms with E-state index in [1.54, 1.807) is 0 Å². The van der Waals surface area contributed by atoms with Crippen molar-refractivity contribution in [1.29, 1.82) is 0 Å². The Kier molecular flexibility index (Phi) is 3.38. The fourth-order valence-electron chi connectivity index (χ4n) is 2.48. The van der Waals surface area contributed by atoms with E-state index in [-0.39, 0.29) is 17.9 Å². The number of nitrogens with one attached hydrogen (secondary N) is 1. The molecule has 2 aliphatic carbocycles. The lowest BCUT2D eigenvalue weighted by Crippen LogP contribution is -2.42. The lowest BCUT2D eigenvalue weighted by atomic mass is 9.86. The number of aliphatic hydroxyl groups excluding tert-OH is 1. The summed E-state index contributed by atoms with van der Waals surface area (Å²) in [4.78, 5) is 22.7. The number of aliphatic hydroxyl groups is 1. The Labute approximate surface area is 100 Å². The molecular weight excluding hydrogens is 222 g/mol. The van der Waals surface area contributed by atoms with Crippen molar-refractivity contribution in [3.8, 4) is 0 Å². The zero-order chi connectivity index (χ0) is 12.5. The molecule has 2 rings (SSSR count). The van der Waals surface area contributed by atoms with E-state index in [4.69, 9.17) is 5.11 Å². The average molecular weight is 241 g/mol. The van der Waals surface area contributed by atoms with Gasteiger partial charge in [0.2, 0.25) is 5.91 Å². The van der Waals surface area contributed by atoms with Crippen LogP contribution in [0, 0.1) is 11.3 Å². The van der Waals surface area contributed by atoms with E-state index in [1.807, 2.05) is 0 Å². The molecule has 2 atom stereocenters. The molecule has 0 unspecified atom stereocenters. The third-order valence-corrected chi connectivity index (χ3v) is 3.99. The summed E-state index contributed by atoms with van der Waals surface area (Å²) in [6, 6.07) is 0. The first-order chi connectivity index (χ1) is 8.06. The minimum Gasteiger partial charge on any atom is -0.480 e. The molecule has 0 heterocycles. The highest BCUT2D eigenvalue weighted by atomic mass is 16.4. The van der Waals surface area contributed by atoms with Crippen LogP contribution < -0.4 is 5.32 Å². The molecule has 0 spiro atoms. The van der Waals surface area contributed by atoms with E-state index in [0.29, 0.717) is 19.4 Å². The molecule has 0 aromatic carbocycles. The summed E-state index contributed by atoms with van der Waals surface area (Å²) in [5, 5.41) is 21.4. The molecule has 2 aliphatic rings. The maximum atomic E-state index is 11.7. The molecule has 2 fully saturated rings. The van der Waals surface area contributed by atoms with E-state index < -0.39 is 11.4 Å². The van der Waals surface area contributed by atoms with Crippen LogP contribution in [0.4, 0.5) is 0 Å². The van der Waals surface area contributed by atoms with Crippen LogP contribution in [0.25, 0.3) is 0 Å². The van der Waals surface area contributed by atoms with Gasteiger partial charge in [-0.1, -0.05) is 12.8 Å². The normalized spacial score (nSPS) is 30.6. The number of rotatable bonds is 4. The number of carbonyl (C=O) groups excluding carboxylic acids is 1. The maximum absolute atomic E-state index is 11.7.